The third-order valence-corrected chi connectivity index (χ3v) is 3.12. The topological polar surface area (TPSA) is 43.4 Å². The number of hydrogen-bond donors (Lipinski definition) is 1. The van der Waals surface area contributed by atoms with Crippen LogP contribution in [0.25, 0.3) is 0 Å². The summed E-state index contributed by atoms with van der Waals surface area (Å²) in [5.74, 6) is 1.47. The lowest BCUT2D eigenvalue weighted by Crippen LogP contribution is -2.21. The standard InChI is InChI=1S/C14H22N2O2/c1-2-5-16-13-8-14(10-15-9-13)18-11-12-3-6-17-7-4-12/h8-10,12,16H,2-7,11H2,1H3. The largest absolute Gasteiger partial charge is 0.492 e. The van der Waals surface area contributed by atoms with Crippen molar-refractivity contribution in [2.75, 3.05) is 31.7 Å². The molecule has 1 aromatic rings. The molecule has 4 heteroatoms. The first kappa shape index (κ1) is 13.1. The molecule has 0 radical (unpaired) electrons. The Morgan fingerprint density at radius 2 is 2.22 bits per heavy atom. The van der Waals surface area contributed by atoms with Gasteiger partial charge in [-0.15, -0.1) is 0 Å². The molecule has 1 fully saturated rings. The molecule has 100 valence electrons. The Morgan fingerprint density at radius 1 is 1.39 bits per heavy atom. The first-order chi connectivity index (χ1) is 8.88. The first-order valence-electron chi connectivity index (χ1n) is 6.78. The van der Waals surface area contributed by atoms with Crippen molar-refractivity contribution >= 4 is 5.69 Å². The molecule has 0 atom stereocenters. The van der Waals surface area contributed by atoms with Gasteiger partial charge in [0.15, 0.2) is 0 Å². The second kappa shape index (κ2) is 7.21. The molecule has 0 unspecified atom stereocenters. The summed E-state index contributed by atoms with van der Waals surface area (Å²) in [6.45, 7) is 5.61. The Labute approximate surface area is 109 Å². The van der Waals surface area contributed by atoms with E-state index in [0.717, 1.165) is 57.1 Å². The second-order valence-corrected chi connectivity index (χ2v) is 4.70. The minimum absolute atomic E-state index is 0.617. The van der Waals surface area contributed by atoms with E-state index in [-0.39, 0.29) is 0 Å². The minimum Gasteiger partial charge on any atom is -0.492 e. The van der Waals surface area contributed by atoms with Gasteiger partial charge in [-0.05, 0) is 25.2 Å². The first-order valence-corrected chi connectivity index (χ1v) is 6.78. The highest BCUT2D eigenvalue weighted by atomic mass is 16.5. The third kappa shape index (κ3) is 4.18. The van der Waals surface area contributed by atoms with Crippen molar-refractivity contribution < 1.29 is 9.47 Å². The van der Waals surface area contributed by atoms with Crippen molar-refractivity contribution in [3.8, 4) is 5.75 Å². The number of rotatable bonds is 6. The highest BCUT2D eigenvalue weighted by Crippen LogP contribution is 2.19. The molecule has 18 heavy (non-hydrogen) atoms. The Hall–Kier alpha value is -1.29. The predicted molar refractivity (Wildman–Crippen MR) is 72.1 cm³/mol. The quantitative estimate of drug-likeness (QED) is 0.843. The molecule has 1 aliphatic rings. The number of ether oxygens (including phenoxy) is 2. The summed E-state index contributed by atoms with van der Waals surface area (Å²) in [5, 5.41) is 3.31. The van der Waals surface area contributed by atoms with Crippen molar-refractivity contribution in [2.24, 2.45) is 5.92 Å². The summed E-state index contributed by atoms with van der Waals surface area (Å²) in [7, 11) is 0. The van der Waals surface area contributed by atoms with E-state index in [4.69, 9.17) is 9.47 Å². The van der Waals surface area contributed by atoms with E-state index >= 15 is 0 Å². The maximum Gasteiger partial charge on any atom is 0.139 e. The molecule has 0 saturated carbocycles. The van der Waals surface area contributed by atoms with Crippen LogP contribution >= 0.6 is 0 Å². The molecule has 0 aliphatic carbocycles. The molecule has 1 saturated heterocycles. The Balaban J connectivity index is 1.80. The highest BCUT2D eigenvalue weighted by molar-refractivity contribution is 5.44. The van der Waals surface area contributed by atoms with Crippen molar-refractivity contribution in [2.45, 2.75) is 26.2 Å². The summed E-state index contributed by atoms with van der Waals surface area (Å²) in [5.41, 5.74) is 1.03. The van der Waals surface area contributed by atoms with Crippen LogP contribution < -0.4 is 10.1 Å². The Morgan fingerprint density at radius 3 is 3.00 bits per heavy atom. The summed E-state index contributed by atoms with van der Waals surface area (Å²) < 4.78 is 11.1. The van der Waals surface area contributed by atoms with Crippen molar-refractivity contribution in [3.05, 3.63) is 18.5 Å². The van der Waals surface area contributed by atoms with E-state index in [9.17, 15) is 0 Å². The van der Waals surface area contributed by atoms with Crippen LogP contribution in [-0.2, 0) is 4.74 Å². The molecule has 2 heterocycles. The zero-order valence-electron chi connectivity index (χ0n) is 11.0. The number of pyridine rings is 1. The number of hydrogen-bond acceptors (Lipinski definition) is 4. The van der Waals surface area contributed by atoms with Gasteiger partial charge in [-0.1, -0.05) is 6.92 Å². The molecule has 1 aliphatic heterocycles. The molecule has 4 nitrogen and oxygen atoms in total. The lowest BCUT2D eigenvalue weighted by molar-refractivity contribution is 0.0497. The number of anilines is 1. The monoisotopic (exact) mass is 250 g/mol. The Kier molecular flexibility index (Phi) is 5.27. The van der Waals surface area contributed by atoms with Crippen LogP contribution in [0.2, 0.25) is 0 Å². The fourth-order valence-electron chi connectivity index (χ4n) is 1.99. The van der Waals surface area contributed by atoms with Gasteiger partial charge in [-0.3, -0.25) is 4.98 Å². The summed E-state index contributed by atoms with van der Waals surface area (Å²) in [6.07, 6.45) is 6.91. The average Bonchev–Trinajstić information content (AvgIpc) is 2.44. The van der Waals surface area contributed by atoms with Gasteiger partial charge in [0, 0.05) is 25.8 Å². The zero-order valence-corrected chi connectivity index (χ0v) is 11.0. The average molecular weight is 250 g/mol. The lowest BCUT2D eigenvalue weighted by Gasteiger charge is -2.22. The van der Waals surface area contributed by atoms with E-state index < -0.39 is 0 Å². The van der Waals surface area contributed by atoms with Crippen LogP contribution in [0.3, 0.4) is 0 Å². The van der Waals surface area contributed by atoms with Gasteiger partial charge in [0.2, 0.25) is 0 Å². The van der Waals surface area contributed by atoms with Crippen LogP contribution in [0.4, 0.5) is 5.69 Å². The van der Waals surface area contributed by atoms with E-state index in [1.165, 1.54) is 0 Å². The van der Waals surface area contributed by atoms with Gasteiger partial charge in [-0.2, -0.15) is 0 Å². The van der Waals surface area contributed by atoms with Gasteiger partial charge in [0.25, 0.3) is 0 Å². The van der Waals surface area contributed by atoms with Gasteiger partial charge in [0.05, 0.1) is 24.7 Å². The molecular weight excluding hydrogens is 228 g/mol. The van der Waals surface area contributed by atoms with E-state index in [2.05, 4.69) is 17.2 Å². The fraction of sp³-hybridized carbons (Fsp3) is 0.643. The SMILES string of the molecule is CCCNc1cncc(OCC2CCOCC2)c1. The molecule has 0 aromatic carbocycles. The predicted octanol–water partition coefficient (Wildman–Crippen LogP) is 2.71. The van der Waals surface area contributed by atoms with Crippen molar-refractivity contribution in [1.29, 1.82) is 0 Å². The smallest absolute Gasteiger partial charge is 0.139 e. The summed E-state index contributed by atoms with van der Waals surface area (Å²) in [4.78, 5) is 4.19. The zero-order chi connectivity index (χ0) is 12.6. The minimum atomic E-state index is 0.617. The van der Waals surface area contributed by atoms with Crippen LogP contribution in [0, 0.1) is 5.92 Å². The summed E-state index contributed by atoms with van der Waals surface area (Å²) in [6, 6.07) is 2.02. The van der Waals surface area contributed by atoms with Gasteiger partial charge in [-0.25, -0.2) is 0 Å². The van der Waals surface area contributed by atoms with Gasteiger partial charge >= 0.3 is 0 Å². The van der Waals surface area contributed by atoms with Crippen molar-refractivity contribution in [3.63, 3.8) is 0 Å². The van der Waals surface area contributed by atoms with Crippen LogP contribution in [0.15, 0.2) is 18.5 Å². The third-order valence-electron chi connectivity index (χ3n) is 3.12. The number of nitrogens with one attached hydrogen (secondary N) is 1. The second-order valence-electron chi connectivity index (χ2n) is 4.70. The summed E-state index contributed by atoms with van der Waals surface area (Å²) >= 11 is 0. The maximum atomic E-state index is 5.81. The van der Waals surface area contributed by atoms with Gasteiger partial charge < -0.3 is 14.8 Å². The molecule has 1 N–H and O–H groups in total. The normalized spacial score (nSPS) is 16.5. The number of aromatic nitrogens is 1. The van der Waals surface area contributed by atoms with Gasteiger partial charge in [0.1, 0.15) is 5.75 Å². The van der Waals surface area contributed by atoms with Crippen LogP contribution in [0.1, 0.15) is 26.2 Å². The molecule has 0 amide bonds. The van der Waals surface area contributed by atoms with Crippen LogP contribution in [0.5, 0.6) is 5.75 Å². The fourth-order valence-corrected chi connectivity index (χ4v) is 1.99. The van der Waals surface area contributed by atoms with Crippen LogP contribution in [-0.4, -0.2) is 31.3 Å². The molecule has 1 aromatic heterocycles. The molecule has 2 rings (SSSR count). The van der Waals surface area contributed by atoms with E-state index in [1.807, 2.05) is 12.3 Å². The van der Waals surface area contributed by atoms with E-state index in [1.54, 1.807) is 6.20 Å². The Bertz CT molecular complexity index is 351. The highest BCUT2D eigenvalue weighted by Gasteiger charge is 2.14. The number of nitrogens with zero attached hydrogens (tertiary/aromatic N) is 1. The molecule has 0 spiro atoms. The molecular formula is C14H22N2O2. The van der Waals surface area contributed by atoms with Crippen molar-refractivity contribution in [1.82, 2.24) is 4.98 Å². The molecule has 0 bridgehead atoms. The maximum absolute atomic E-state index is 5.81. The van der Waals surface area contributed by atoms with E-state index in [0.29, 0.717) is 5.92 Å². The lowest BCUT2D eigenvalue weighted by atomic mass is 10.0.